The van der Waals surface area contributed by atoms with Crippen LogP contribution in [0.15, 0.2) is 27.6 Å². The van der Waals surface area contributed by atoms with Crippen molar-refractivity contribution in [3.63, 3.8) is 0 Å². The van der Waals surface area contributed by atoms with Gasteiger partial charge in [0.05, 0.1) is 11.7 Å². The van der Waals surface area contributed by atoms with Gasteiger partial charge in [0.1, 0.15) is 0 Å². The lowest BCUT2D eigenvalue weighted by atomic mass is 9.84. The van der Waals surface area contributed by atoms with Crippen LogP contribution in [-0.2, 0) is 6.18 Å². The van der Waals surface area contributed by atoms with Gasteiger partial charge in [-0.3, -0.25) is 0 Å². The van der Waals surface area contributed by atoms with Crippen molar-refractivity contribution in [2.75, 3.05) is 5.75 Å². The molecule has 0 aromatic heterocycles. The van der Waals surface area contributed by atoms with Crippen molar-refractivity contribution in [2.24, 2.45) is 5.92 Å². The number of hydrogen-bond acceptors (Lipinski definition) is 2. The molecule has 1 saturated carbocycles. The Balaban J connectivity index is 2.08. The minimum absolute atomic E-state index is 0.248. The molecule has 0 aliphatic heterocycles. The first-order valence-electron chi connectivity index (χ1n) is 5.54. The van der Waals surface area contributed by atoms with Crippen LogP contribution in [0.2, 0.25) is 0 Å². The lowest BCUT2D eigenvalue weighted by molar-refractivity contribution is -0.139. The molecule has 0 unspecified atom stereocenters. The zero-order valence-corrected chi connectivity index (χ0v) is 11.8. The number of benzene rings is 1. The maximum atomic E-state index is 12.8. The van der Waals surface area contributed by atoms with Crippen molar-refractivity contribution in [3.8, 4) is 0 Å². The quantitative estimate of drug-likeness (QED) is 0.826. The normalized spacial score (nSPS) is 23.8. The molecule has 0 saturated heterocycles. The average molecular weight is 341 g/mol. The second kappa shape index (κ2) is 5.43. The van der Waals surface area contributed by atoms with Crippen LogP contribution in [0.1, 0.15) is 18.4 Å². The van der Waals surface area contributed by atoms with Gasteiger partial charge >= 0.3 is 6.18 Å². The van der Waals surface area contributed by atoms with E-state index >= 15 is 0 Å². The Morgan fingerprint density at radius 3 is 2.56 bits per heavy atom. The van der Waals surface area contributed by atoms with E-state index in [0.717, 1.165) is 6.07 Å². The van der Waals surface area contributed by atoms with E-state index in [9.17, 15) is 13.2 Å². The van der Waals surface area contributed by atoms with Crippen LogP contribution in [0.25, 0.3) is 0 Å². The number of halogens is 4. The molecular weight excluding hydrogens is 329 g/mol. The summed E-state index contributed by atoms with van der Waals surface area (Å²) < 4.78 is 39.0. The van der Waals surface area contributed by atoms with Crippen molar-refractivity contribution in [1.82, 2.24) is 0 Å². The first-order chi connectivity index (χ1) is 8.36. The summed E-state index contributed by atoms with van der Waals surface area (Å²) in [6.45, 7) is 0. The summed E-state index contributed by atoms with van der Waals surface area (Å²) in [6, 6.07) is 4.00. The molecule has 6 heteroatoms. The third-order valence-electron chi connectivity index (χ3n) is 2.93. The first kappa shape index (κ1) is 14.2. The highest BCUT2D eigenvalue weighted by atomic mass is 79.9. The smallest absolute Gasteiger partial charge is 0.393 e. The first-order valence-corrected chi connectivity index (χ1v) is 7.31. The lowest BCUT2D eigenvalue weighted by Gasteiger charge is -2.31. The maximum absolute atomic E-state index is 12.8. The SMILES string of the molecule is OC1CC(CSc2cc(Br)ccc2C(F)(F)F)C1. The Morgan fingerprint density at radius 2 is 2.00 bits per heavy atom. The largest absolute Gasteiger partial charge is 0.417 e. The highest BCUT2D eigenvalue weighted by Crippen LogP contribution is 2.40. The van der Waals surface area contributed by atoms with Crippen molar-refractivity contribution in [3.05, 3.63) is 28.2 Å². The van der Waals surface area contributed by atoms with Crippen LogP contribution in [-0.4, -0.2) is 17.0 Å². The number of aliphatic hydroxyl groups excluding tert-OH is 1. The molecule has 1 aliphatic carbocycles. The number of thioether (sulfide) groups is 1. The number of hydrogen-bond donors (Lipinski definition) is 1. The van der Waals surface area contributed by atoms with Crippen LogP contribution in [0, 0.1) is 5.92 Å². The summed E-state index contributed by atoms with van der Waals surface area (Å²) in [5, 5.41) is 9.15. The summed E-state index contributed by atoms with van der Waals surface area (Å²) in [5.41, 5.74) is -0.587. The fourth-order valence-corrected chi connectivity index (χ4v) is 3.64. The molecule has 0 bridgehead atoms. The monoisotopic (exact) mass is 340 g/mol. The minimum atomic E-state index is -4.32. The molecule has 1 aromatic carbocycles. The van der Waals surface area contributed by atoms with Crippen molar-refractivity contribution < 1.29 is 18.3 Å². The lowest BCUT2D eigenvalue weighted by Crippen LogP contribution is -2.29. The molecule has 18 heavy (non-hydrogen) atoms. The molecule has 0 atom stereocenters. The van der Waals surface area contributed by atoms with Crippen molar-refractivity contribution in [1.29, 1.82) is 0 Å². The number of rotatable bonds is 3. The summed E-state index contributed by atoms with van der Waals surface area (Å²) in [7, 11) is 0. The zero-order valence-electron chi connectivity index (χ0n) is 9.38. The van der Waals surface area contributed by atoms with E-state index in [1.54, 1.807) is 0 Å². The molecular formula is C12H12BrF3OS. The Morgan fingerprint density at radius 1 is 1.33 bits per heavy atom. The number of alkyl halides is 3. The molecule has 2 rings (SSSR count). The Bertz CT molecular complexity index is 430. The van der Waals surface area contributed by atoms with E-state index in [0.29, 0.717) is 29.0 Å². The van der Waals surface area contributed by atoms with Gasteiger partial charge in [-0.25, -0.2) is 0 Å². The van der Waals surface area contributed by atoms with E-state index < -0.39 is 11.7 Å². The van der Waals surface area contributed by atoms with Gasteiger partial charge in [0, 0.05) is 15.1 Å². The molecule has 1 fully saturated rings. The highest BCUT2D eigenvalue weighted by Gasteiger charge is 2.34. The summed E-state index contributed by atoms with van der Waals surface area (Å²) >= 11 is 4.40. The molecule has 0 amide bonds. The molecule has 1 aliphatic rings. The van der Waals surface area contributed by atoms with Crippen molar-refractivity contribution >= 4 is 27.7 Å². The van der Waals surface area contributed by atoms with E-state index in [2.05, 4.69) is 15.9 Å². The summed E-state index contributed by atoms with van der Waals surface area (Å²) in [4.78, 5) is 0.248. The van der Waals surface area contributed by atoms with Crippen LogP contribution in [0.4, 0.5) is 13.2 Å². The molecule has 100 valence electrons. The van der Waals surface area contributed by atoms with Crippen LogP contribution >= 0.6 is 27.7 Å². The van der Waals surface area contributed by atoms with Crippen molar-refractivity contribution in [2.45, 2.75) is 30.0 Å². The fourth-order valence-electron chi connectivity index (χ4n) is 1.89. The van der Waals surface area contributed by atoms with Crippen LogP contribution in [0.5, 0.6) is 0 Å². The second-order valence-electron chi connectivity index (χ2n) is 4.44. The third-order valence-corrected chi connectivity index (χ3v) is 4.71. The van der Waals surface area contributed by atoms with Gasteiger partial charge in [-0.05, 0) is 37.0 Å². The Hall–Kier alpha value is -0.200. The minimum Gasteiger partial charge on any atom is -0.393 e. The Kier molecular flexibility index (Phi) is 4.29. The second-order valence-corrected chi connectivity index (χ2v) is 6.42. The van der Waals surface area contributed by atoms with E-state index in [1.807, 2.05) is 0 Å². The number of aliphatic hydroxyl groups is 1. The molecule has 0 heterocycles. The molecule has 1 aromatic rings. The van der Waals surface area contributed by atoms with E-state index in [4.69, 9.17) is 5.11 Å². The summed E-state index contributed by atoms with van der Waals surface area (Å²) in [6.07, 6.45) is -3.19. The topological polar surface area (TPSA) is 20.2 Å². The van der Waals surface area contributed by atoms with Crippen LogP contribution < -0.4 is 0 Å². The Labute approximate surface area is 116 Å². The fraction of sp³-hybridized carbons (Fsp3) is 0.500. The predicted molar refractivity (Wildman–Crippen MR) is 68.6 cm³/mol. The van der Waals surface area contributed by atoms with Gasteiger partial charge in [0.2, 0.25) is 0 Å². The maximum Gasteiger partial charge on any atom is 0.417 e. The van der Waals surface area contributed by atoms with Gasteiger partial charge in [0.15, 0.2) is 0 Å². The van der Waals surface area contributed by atoms with Gasteiger partial charge in [-0.1, -0.05) is 15.9 Å². The zero-order chi connectivity index (χ0) is 13.3. The predicted octanol–water partition coefficient (Wildman–Crippen LogP) is 4.33. The highest BCUT2D eigenvalue weighted by molar-refractivity contribution is 9.10. The molecule has 1 N–H and O–H groups in total. The molecule has 0 radical (unpaired) electrons. The van der Waals surface area contributed by atoms with Crippen LogP contribution in [0.3, 0.4) is 0 Å². The van der Waals surface area contributed by atoms with Gasteiger partial charge < -0.3 is 5.11 Å². The van der Waals surface area contributed by atoms with Gasteiger partial charge in [0.25, 0.3) is 0 Å². The average Bonchev–Trinajstić information content (AvgIpc) is 2.21. The molecule has 0 spiro atoms. The summed E-state index contributed by atoms with van der Waals surface area (Å²) in [5.74, 6) is 0.946. The van der Waals surface area contributed by atoms with E-state index in [1.165, 1.54) is 23.9 Å². The van der Waals surface area contributed by atoms with Gasteiger partial charge in [-0.15, -0.1) is 11.8 Å². The van der Waals surface area contributed by atoms with Gasteiger partial charge in [-0.2, -0.15) is 13.2 Å². The third kappa shape index (κ3) is 3.42. The van der Waals surface area contributed by atoms with E-state index in [-0.39, 0.29) is 11.0 Å². The standard InChI is InChI=1S/C12H12BrF3OS/c13-8-1-2-10(12(14,15)16)11(5-8)18-6-7-3-9(17)4-7/h1-2,5,7,9,17H,3-4,6H2. The molecule has 1 nitrogen and oxygen atoms in total.